The molecule has 2 aromatic rings. The summed E-state index contributed by atoms with van der Waals surface area (Å²) in [5, 5.41) is 12.5. The first-order chi connectivity index (χ1) is 9.54. The van der Waals surface area contributed by atoms with Crippen LogP contribution in [0.5, 0.6) is 0 Å². The second kappa shape index (κ2) is 6.27. The molecule has 0 unspecified atom stereocenters. The summed E-state index contributed by atoms with van der Waals surface area (Å²) in [4.78, 5) is 19.0. The van der Waals surface area contributed by atoms with Gasteiger partial charge in [-0.25, -0.2) is 0 Å². The standard InChI is InChI=1S/C14H17N3O3/c1-9-7-11(8-10(2)15-9)14-16-12(20-17-14)5-3-4-6-13(18)19/h7-8H,3-6H2,1-2H3,(H,18,19). The maximum atomic E-state index is 10.4. The molecule has 2 rings (SSSR count). The number of nitrogens with zero attached hydrogens (tertiary/aromatic N) is 3. The zero-order valence-electron chi connectivity index (χ0n) is 11.6. The maximum Gasteiger partial charge on any atom is 0.303 e. The molecule has 0 saturated heterocycles. The Morgan fingerprint density at radius 3 is 2.55 bits per heavy atom. The maximum absolute atomic E-state index is 10.4. The number of aryl methyl sites for hydroxylation is 3. The molecule has 106 valence electrons. The van der Waals surface area contributed by atoms with Crippen molar-refractivity contribution in [1.29, 1.82) is 0 Å². The lowest BCUT2D eigenvalue weighted by atomic mass is 10.2. The van der Waals surface area contributed by atoms with Crippen molar-refractivity contribution in [3.63, 3.8) is 0 Å². The van der Waals surface area contributed by atoms with Crippen LogP contribution in [-0.2, 0) is 11.2 Å². The number of hydrogen-bond acceptors (Lipinski definition) is 5. The van der Waals surface area contributed by atoms with Crippen LogP contribution < -0.4 is 0 Å². The summed E-state index contributed by atoms with van der Waals surface area (Å²) in [7, 11) is 0. The lowest BCUT2D eigenvalue weighted by Gasteiger charge is -1.99. The van der Waals surface area contributed by atoms with E-state index in [0.29, 0.717) is 24.6 Å². The van der Waals surface area contributed by atoms with Crippen LogP contribution in [0.4, 0.5) is 0 Å². The highest BCUT2D eigenvalue weighted by molar-refractivity contribution is 5.66. The van der Waals surface area contributed by atoms with Crippen molar-refractivity contribution in [2.24, 2.45) is 0 Å². The highest BCUT2D eigenvalue weighted by atomic mass is 16.5. The van der Waals surface area contributed by atoms with Gasteiger partial charge < -0.3 is 9.63 Å². The van der Waals surface area contributed by atoms with Gasteiger partial charge in [0.25, 0.3) is 0 Å². The van der Waals surface area contributed by atoms with Gasteiger partial charge >= 0.3 is 5.97 Å². The number of aliphatic carboxylic acids is 1. The molecule has 1 N–H and O–H groups in total. The average Bonchev–Trinajstić information content (AvgIpc) is 2.82. The van der Waals surface area contributed by atoms with Gasteiger partial charge in [-0.05, 0) is 38.8 Å². The van der Waals surface area contributed by atoms with Gasteiger partial charge in [-0.15, -0.1) is 0 Å². The van der Waals surface area contributed by atoms with E-state index in [-0.39, 0.29) is 6.42 Å². The molecule has 0 aliphatic carbocycles. The van der Waals surface area contributed by atoms with E-state index in [9.17, 15) is 4.79 Å². The third kappa shape index (κ3) is 3.88. The van der Waals surface area contributed by atoms with Crippen molar-refractivity contribution < 1.29 is 14.4 Å². The summed E-state index contributed by atoms with van der Waals surface area (Å²) in [6.07, 6.45) is 2.11. The number of carbonyl (C=O) groups is 1. The van der Waals surface area contributed by atoms with E-state index in [4.69, 9.17) is 9.63 Å². The Kier molecular flexibility index (Phi) is 4.45. The quantitative estimate of drug-likeness (QED) is 0.815. The molecule has 20 heavy (non-hydrogen) atoms. The van der Waals surface area contributed by atoms with E-state index in [0.717, 1.165) is 23.4 Å². The Balaban J connectivity index is 1.99. The highest BCUT2D eigenvalue weighted by Gasteiger charge is 2.10. The van der Waals surface area contributed by atoms with Crippen LogP contribution in [0.25, 0.3) is 11.4 Å². The lowest BCUT2D eigenvalue weighted by Crippen LogP contribution is -1.95. The molecule has 0 amide bonds. The molecule has 6 heteroatoms. The molecule has 0 aromatic carbocycles. The minimum Gasteiger partial charge on any atom is -0.481 e. The van der Waals surface area contributed by atoms with Gasteiger partial charge in [0.2, 0.25) is 11.7 Å². The predicted molar refractivity (Wildman–Crippen MR) is 72.2 cm³/mol. The zero-order chi connectivity index (χ0) is 14.5. The third-order valence-electron chi connectivity index (χ3n) is 2.84. The molecule has 0 atom stereocenters. The fraction of sp³-hybridized carbons (Fsp3) is 0.429. The number of pyridine rings is 1. The second-order valence-electron chi connectivity index (χ2n) is 4.75. The summed E-state index contributed by atoms with van der Waals surface area (Å²) in [6, 6.07) is 3.82. The SMILES string of the molecule is Cc1cc(-c2noc(CCCCC(=O)O)n2)cc(C)n1. The normalized spacial score (nSPS) is 10.7. The fourth-order valence-corrected chi connectivity index (χ4v) is 1.99. The minimum absolute atomic E-state index is 0.170. The summed E-state index contributed by atoms with van der Waals surface area (Å²) in [6.45, 7) is 3.84. The Morgan fingerprint density at radius 2 is 1.90 bits per heavy atom. The first-order valence-electron chi connectivity index (χ1n) is 6.54. The van der Waals surface area contributed by atoms with Crippen molar-refractivity contribution in [2.45, 2.75) is 39.5 Å². The summed E-state index contributed by atoms with van der Waals surface area (Å²) in [5.41, 5.74) is 2.70. The molecule has 0 spiro atoms. The van der Waals surface area contributed by atoms with E-state index < -0.39 is 5.97 Å². The Morgan fingerprint density at radius 1 is 1.20 bits per heavy atom. The van der Waals surface area contributed by atoms with Crippen LogP contribution in [0.1, 0.15) is 36.5 Å². The van der Waals surface area contributed by atoms with E-state index in [1.807, 2.05) is 26.0 Å². The number of unbranched alkanes of at least 4 members (excludes halogenated alkanes) is 1. The van der Waals surface area contributed by atoms with Gasteiger partial charge in [0.15, 0.2) is 0 Å². The molecule has 0 bridgehead atoms. The van der Waals surface area contributed by atoms with Crippen LogP contribution in [0.3, 0.4) is 0 Å². The molecule has 0 saturated carbocycles. The monoisotopic (exact) mass is 275 g/mol. The van der Waals surface area contributed by atoms with Crippen molar-refractivity contribution in [3.05, 3.63) is 29.4 Å². The van der Waals surface area contributed by atoms with Crippen LogP contribution in [0, 0.1) is 13.8 Å². The van der Waals surface area contributed by atoms with Crippen LogP contribution in [0.2, 0.25) is 0 Å². The molecular weight excluding hydrogens is 258 g/mol. The average molecular weight is 275 g/mol. The molecule has 0 radical (unpaired) electrons. The minimum atomic E-state index is -0.779. The number of hydrogen-bond donors (Lipinski definition) is 1. The van der Waals surface area contributed by atoms with Gasteiger partial charge in [0.05, 0.1) is 0 Å². The number of carboxylic acid groups (broad SMARTS) is 1. The van der Waals surface area contributed by atoms with Crippen molar-refractivity contribution in [1.82, 2.24) is 15.1 Å². The van der Waals surface area contributed by atoms with Gasteiger partial charge in [-0.2, -0.15) is 4.98 Å². The van der Waals surface area contributed by atoms with Crippen LogP contribution in [-0.4, -0.2) is 26.2 Å². The summed E-state index contributed by atoms with van der Waals surface area (Å²) < 4.78 is 5.18. The highest BCUT2D eigenvalue weighted by Crippen LogP contribution is 2.18. The van der Waals surface area contributed by atoms with Gasteiger partial charge in [-0.1, -0.05) is 5.16 Å². The largest absolute Gasteiger partial charge is 0.481 e. The smallest absolute Gasteiger partial charge is 0.303 e. The Bertz CT molecular complexity index is 587. The fourth-order valence-electron chi connectivity index (χ4n) is 1.99. The van der Waals surface area contributed by atoms with E-state index >= 15 is 0 Å². The van der Waals surface area contributed by atoms with Crippen molar-refractivity contribution in [2.75, 3.05) is 0 Å². The predicted octanol–water partition coefficient (Wildman–Crippen LogP) is 2.55. The first-order valence-corrected chi connectivity index (χ1v) is 6.54. The zero-order valence-corrected chi connectivity index (χ0v) is 11.6. The van der Waals surface area contributed by atoms with Crippen LogP contribution >= 0.6 is 0 Å². The van der Waals surface area contributed by atoms with Crippen molar-refractivity contribution in [3.8, 4) is 11.4 Å². The number of rotatable bonds is 6. The molecule has 2 aromatic heterocycles. The van der Waals surface area contributed by atoms with Crippen molar-refractivity contribution >= 4 is 5.97 Å². The van der Waals surface area contributed by atoms with E-state index in [2.05, 4.69) is 15.1 Å². The van der Waals surface area contributed by atoms with Gasteiger partial charge in [0.1, 0.15) is 0 Å². The topological polar surface area (TPSA) is 89.1 Å². The Hall–Kier alpha value is -2.24. The number of carboxylic acids is 1. The molecule has 2 heterocycles. The molecule has 0 fully saturated rings. The second-order valence-corrected chi connectivity index (χ2v) is 4.75. The molecular formula is C14H17N3O3. The lowest BCUT2D eigenvalue weighted by molar-refractivity contribution is -0.137. The van der Waals surface area contributed by atoms with Crippen LogP contribution in [0.15, 0.2) is 16.7 Å². The summed E-state index contributed by atoms with van der Waals surface area (Å²) in [5.74, 6) is 0.309. The first kappa shape index (κ1) is 14.2. The Labute approximate surface area is 116 Å². The number of aromatic nitrogens is 3. The summed E-state index contributed by atoms with van der Waals surface area (Å²) >= 11 is 0. The van der Waals surface area contributed by atoms with Gasteiger partial charge in [0, 0.05) is 29.8 Å². The molecule has 0 aliphatic rings. The molecule has 6 nitrogen and oxygen atoms in total. The van der Waals surface area contributed by atoms with E-state index in [1.54, 1.807) is 0 Å². The van der Waals surface area contributed by atoms with Gasteiger partial charge in [-0.3, -0.25) is 9.78 Å². The molecule has 0 aliphatic heterocycles. The third-order valence-corrected chi connectivity index (χ3v) is 2.84. The van der Waals surface area contributed by atoms with E-state index in [1.165, 1.54) is 0 Å².